The van der Waals surface area contributed by atoms with Gasteiger partial charge in [0.25, 0.3) is 0 Å². The average Bonchev–Trinajstić information content (AvgIpc) is 2.55. The van der Waals surface area contributed by atoms with E-state index in [4.69, 9.17) is 0 Å². The predicted molar refractivity (Wildman–Crippen MR) is 65.4 cm³/mol. The van der Waals surface area contributed by atoms with Crippen molar-refractivity contribution in [2.75, 3.05) is 0 Å². The van der Waals surface area contributed by atoms with E-state index in [0.717, 1.165) is 11.0 Å². The van der Waals surface area contributed by atoms with Crippen molar-refractivity contribution in [3.63, 3.8) is 0 Å². The fraction of sp³-hybridized carbons (Fsp3) is 0.364. The van der Waals surface area contributed by atoms with E-state index >= 15 is 0 Å². The third-order valence-corrected chi connectivity index (χ3v) is 4.03. The first-order valence-corrected chi connectivity index (χ1v) is 5.85. The molecule has 0 bridgehead atoms. The van der Waals surface area contributed by atoms with Crippen molar-refractivity contribution in [1.82, 2.24) is 9.97 Å². The van der Waals surface area contributed by atoms with Crippen LogP contribution >= 0.6 is 15.9 Å². The minimum absolute atomic E-state index is 0.155. The Bertz CT molecular complexity index is 527. The summed E-state index contributed by atoms with van der Waals surface area (Å²) in [5.41, 5.74) is 2.75. The van der Waals surface area contributed by atoms with Gasteiger partial charge >= 0.3 is 5.69 Å². The molecule has 3 nitrogen and oxygen atoms in total. The maximum absolute atomic E-state index is 11.1. The molecule has 0 saturated heterocycles. The Balaban J connectivity index is 2.50. The average molecular weight is 269 g/mol. The molecule has 0 radical (unpaired) electrons. The van der Waals surface area contributed by atoms with Crippen molar-refractivity contribution in [2.45, 2.75) is 18.7 Å². The van der Waals surface area contributed by atoms with Gasteiger partial charge in [0.2, 0.25) is 0 Å². The second kappa shape index (κ2) is 3.85. The third-order valence-electron chi connectivity index (χ3n) is 2.44. The minimum atomic E-state index is -0.155. The number of aromatic amines is 2. The van der Waals surface area contributed by atoms with E-state index in [0.29, 0.717) is 10.7 Å². The summed E-state index contributed by atoms with van der Waals surface area (Å²) >= 11 is 3.64. The molecule has 2 rings (SSSR count). The van der Waals surface area contributed by atoms with Gasteiger partial charge in [-0.25, -0.2) is 4.79 Å². The quantitative estimate of drug-likeness (QED) is 0.809. The molecule has 1 aromatic heterocycles. The fourth-order valence-electron chi connectivity index (χ4n) is 1.61. The van der Waals surface area contributed by atoms with Crippen LogP contribution in [-0.2, 0) is 0 Å². The van der Waals surface area contributed by atoms with Crippen LogP contribution in [0.4, 0.5) is 0 Å². The van der Waals surface area contributed by atoms with Gasteiger partial charge in [0.1, 0.15) is 0 Å². The molecule has 0 aliphatic heterocycles. The molecule has 15 heavy (non-hydrogen) atoms. The lowest BCUT2D eigenvalue weighted by Crippen LogP contribution is -1.99. The van der Waals surface area contributed by atoms with Crippen molar-refractivity contribution in [3.05, 3.63) is 34.2 Å². The zero-order valence-corrected chi connectivity index (χ0v) is 10.3. The zero-order valence-electron chi connectivity index (χ0n) is 8.67. The third kappa shape index (κ3) is 2.00. The molecular formula is C11H13BrN2O. The second-order valence-electron chi connectivity index (χ2n) is 4.03. The summed E-state index contributed by atoms with van der Waals surface area (Å²) in [5.74, 6) is 0.521. The molecule has 0 spiro atoms. The molecule has 1 unspecified atom stereocenters. The summed E-state index contributed by atoms with van der Waals surface area (Å²) < 4.78 is 0. The number of alkyl halides is 1. The molecule has 0 aliphatic carbocycles. The lowest BCUT2D eigenvalue weighted by Gasteiger charge is -2.13. The number of fused-ring (bicyclic) bond motifs is 1. The molecule has 0 saturated carbocycles. The van der Waals surface area contributed by atoms with Crippen LogP contribution in [0.3, 0.4) is 0 Å². The lowest BCUT2D eigenvalue weighted by molar-refractivity contribution is 0.641. The van der Waals surface area contributed by atoms with Crippen LogP contribution in [0.5, 0.6) is 0 Å². The van der Waals surface area contributed by atoms with E-state index in [9.17, 15) is 4.79 Å². The Morgan fingerprint density at radius 1 is 1.20 bits per heavy atom. The van der Waals surface area contributed by atoms with Gasteiger partial charge in [-0.15, -0.1) is 0 Å². The second-order valence-corrected chi connectivity index (χ2v) is 5.02. The van der Waals surface area contributed by atoms with E-state index in [1.807, 2.05) is 18.2 Å². The van der Waals surface area contributed by atoms with Crippen LogP contribution in [0.2, 0.25) is 0 Å². The van der Waals surface area contributed by atoms with E-state index in [1.165, 1.54) is 5.56 Å². The standard InChI is InChI=1S/C11H13BrN2O/c1-6(2)10(12)7-3-4-8-9(5-7)14-11(15)13-8/h3-6,10H,1-2H3,(H2,13,14,15). The first kappa shape index (κ1) is 10.5. The summed E-state index contributed by atoms with van der Waals surface area (Å²) in [7, 11) is 0. The molecular weight excluding hydrogens is 256 g/mol. The molecule has 0 fully saturated rings. The summed E-state index contributed by atoms with van der Waals surface area (Å²) in [6.07, 6.45) is 0. The molecule has 2 N–H and O–H groups in total. The first-order valence-electron chi connectivity index (χ1n) is 4.94. The number of rotatable bonds is 2. The number of hydrogen-bond donors (Lipinski definition) is 2. The van der Waals surface area contributed by atoms with Crippen molar-refractivity contribution >= 4 is 27.0 Å². The van der Waals surface area contributed by atoms with E-state index < -0.39 is 0 Å². The molecule has 0 aliphatic rings. The van der Waals surface area contributed by atoms with Crippen LogP contribution in [0, 0.1) is 5.92 Å². The summed E-state index contributed by atoms with van der Waals surface area (Å²) in [4.78, 5) is 16.9. The van der Waals surface area contributed by atoms with Gasteiger partial charge in [-0.05, 0) is 23.6 Å². The maximum Gasteiger partial charge on any atom is 0.323 e. The van der Waals surface area contributed by atoms with Crippen molar-refractivity contribution in [1.29, 1.82) is 0 Å². The Morgan fingerprint density at radius 2 is 1.87 bits per heavy atom. The van der Waals surface area contributed by atoms with Gasteiger partial charge in [0.05, 0.1) is 11.0 Å². The first-order chi connectivity index (χ1) is 7.08. The summed E-state index contributed by atoms with van der Waals surface area (Å²) in [6.45, 7) is 4.31. The summed E-state index contributed by atoms with van der Waals surface area (Å²) in [5, 5.41) is 0. The maximum atomic E-state index is 11.1. The molecule has 1 aromatic carbocycles. The number of imidazole rings is 1. The Labute approximate surface area is 96.0 Å². The van der Waals surface area contributed by atoms with Gasteiger partial charge in [0, 0.05) is 4.83 Å². The van der Waals surface area contributed by atoms with Gasteiger partial charge < -0.3 is 9.97 Å². The minimum Gasteiger partial charge on any atom is -0.306 e. The van der Waals surface area contributed by atoms with Crippen molar-refractivity contribution in [3.8, 4) is 0 Å². The van der Waals surface area contributed by atoms with E-state index in [-0.39, 0.29) is 5.69 Å². The molecule has 0 amide bonds. The van der Waals surface area contributed by atoms with E-state index in [2.05, 4.69) is 39.7 Å². The SMILES string of the molecule is CC(C)C(Br)c1ccc2[nH]c(=O)[nH]c2c1. The Morgan fingerprint density at radius 3 is 2.53 bits per heavy atom. The van der Waals surface area contributed by atoms with Crippen molar-refractivity contribution in [2.24, 2.45) is 5.92 Å². The number of hydrogen-bond acceptors (Lipinski definition) is 1. The number of benzene rings is 1. The molecule has 1 atom stereocenters. The molecule has 2 aromatic rings. The van der Waals surface area contributed by atoms with Gasteiger partial charge in [-0.2, -0.15) is 0 Å². The fourth-order valence-corrected chi connectivity index (χ4v) is 1.89. The van der Waals surface area contributed by atoms with Gasteiger partial charge in [0.15, 0.2) is 0 Å². The topological polar surface area (TPSA) is 48.6 Å². The lowest BCUT2D eigenvalue weighted by atomic mass is 10.0. The number of nitrogens with one attached hydrogen (secondary N) is 2. The number of aromatic nitrogens is 2. The molecule has 80 valence electrons. The Kier molecular flexibility index (Phi) is 2.69. The normalized spacial score (nSPS) is 13.6. The van der Waals surface area contributed by atoms with Gasteiger partial charge in [-0.1, -0.05) is 35.8 Å². The van der Waals surface area contributed by atoms with Crippen LogP contribution in [0.25, 0.3) is 11.0 Å². The van der Waals surface area contributed by atoms with Crippen LogP contribution in [0.1, 0.15) is 24.2 Å². The van der Waals surface area contributed by atoms with E-state index in [1.54, 1.807) is 0 Å². The van der Waals surface area contributed by atoms with Gasteiger partial charge in [-0.3, -0.25) is 0 Å². The van der Waals surface area contributed by atoms with Crippen LogP contribution in [-0.4, -0.2) is 9.97 Å². The number of H-pyrrole nitrogens is 2. The predicted octanol–water partition coefficient (Wildman–Crippen LogP) is 2.95. The van der Waals surface area contributed by atoms with Crippen LogP contribution < -0.4 is 5.69 Å². The molecule has 4 heteroatoms. The highest BCUT2D eigenvalue weighted by atomic mass is 79.9. The monoisotopic (exact) mass is 268 g/mol. The zero-order chi connectivity index (χ0) is 11.0. The highest BCUT2D eigenvalue weighted by Gasteiger charge is 2.12. The summed E-state index contributed by atoms with van der Waals surface area (Å²) in [6, 6.07) is 5.97. The van der Waals surface area contributed by atoms with Crippen molar-refractivity contribution < 1.29 is 0 Å². The number of halogens is 1. The largest absolute Gasteiger partial charge is 0.323 e. The highest BCUT2D eigenvalue weighted by Crippen LogP contribution is 2.31. The highest BCUT2D eigenvalue weighted by molar-refractivity contribution is 9.09. The molecule has 1 heterocycles. The Hall–Kier alpha value is -1.03. The van der Waals surface area contributed by atoms with Crippen LogP contribution in [0.15, 0.2) is 23.0 Å². The smallest absolute Gasteiger partial charge is 0.306 e.